The summed E-state index contributed by atoms with van der Waals surface area (Å²) in [5.74, 6) is -2.61. The maximum absolute atomic E-state index is 13.5. The van der Waals surface area contributed by atoms with E-state index in [1.54, 1.807) is 0 Å². The molecule has 0 aliphatic rings. The molecule has 2 aromatic rings. The second-order valence-corrected chi connectivity index (χ2v) is 3.42. The van der Waals surface area contributed by atoms with Crippen molar-refractivity contribution >= 4 is 17.6 Å². The number of H-pyrrole nitrogens is 1. The first-order valence-corrected chi connectivity index (χ1v) is 4.91. The number of amides is 1. The summed E-state index contributed by atoms with van der Waals surface area (Å²) >= 11 is 0. The third-order valence-electron chi connectivity index (χ3n) is 2.21. The van der Waals surface area contributed by atoms with E-state index < -0.39 is 17.7 Å². The quantitative estimate of drug-likeness (QED) is 0.768. The van der Waals surface area contributed by atoms with Crippen LogP contribution in [0.4, 0.5) is 10.1 Å². The van der Waals surface area contributed by atoms with Gasteiger partial charge >= 0.3 is 5.97 Å². The van der Waals surface area contributed by atoms with Gasteiger partial charge in [0.15, 0.2) is 0 Å². The Labute approximate surface area is 100 Å². The van der Waals surface area contributed by atoms with Crippen molar-refractivity contribution in [3.05, 3.63) is 47.5 Å². The summed E-state index contributed by atoms with van der Waals surface area (Å²) < 4.78 is 13.5. The van der Waals surface area contributed by atoms with E-state index in [0.717, 1.165) is 6.07 Å². The lowest BCUT2D eigenvalue weighted by Crippen LogP contribution is -2.13. The van der Waals surface area contributed by atoms with Gasteiger partial charge in [0.25, 0.3) is 5.91 Å². The van der Waals surface area contributed by atoms with Crippen molar-refractivity contribution in [2.24, 2.45) is 0 Å². The smallest absolute Gasteiger partial charge is 0.335 e. The Bertz CT molecular complexity index is 596. The average molecular weight is 249 g/mol. The summed E-state index contributed by atoms with van der Waals surface area (Å²) in [4.78, 5) is 22.2. The summed E-state index contributed by atoms with van der Waals surface area (Å²) in [6.45, 7) is 0. The number of aromatic amines is 1. The predicted octanol–water partition coefficient (Wildman–Crippen LogP) is 1.50. The Hall–Kier alpha value is -2.70. The van der Waals surface area contributed by atoms with Crippen LogP contribution in [0.1, 0.15) is 20.8 Å². The van der Waals surface area contributed by atoms with E-state index >= 15 is 0 Å². The zero-order valence-electron chi connectivity index (χ0n) is 8.98. The van der Waals surface area contributed by atoms with Crippen LogP contribution in [0.25, 0.3) is 0 Å². The number of carboxylic acid groups (broad SMARTS) is 1. The number of hydrogen-bond donors (Lipinski definition) is 3. The number of halogens is 1. The average Bonchev–Trinajstić information content (AvgIpc) is 2.85. The highest BCUT2D eigenvalue weighted by Crippen LogP contribution is 2.16. The number of aromatic nitrogens is 2. The number of anilines is 1. The lowest BCUT2D eigenvalue weighted by atomic mass is 10.2. The van der Waals surface area contributed by atoms with Crippen LogP contribution in [0.15, 0.2) is 30.5 Å². The zero-order chi connectivity index (χ0) is 13.1. The molecule has 0 aliphatic heterocycles. The molecule has 0 saturated carbocycles. The summed E-state index contributed by atoms with van der Waals surface area (Å²) in [7, 11) is 0. The number of rotatable bonds is 3. The Balaban J connectivity index is 2.20. The molecule has 3 N–H and O–H groups in total. The summed E-state index contributed by atoms with van der Waals surface area (Å²) in [6, 6.07) is 4.66. The van der Waals surface area contributed by atoms with Gasteiger partial charge in [-0.3, -0.25) is 9.89 Å². The Morgan fingerprint density at radius 3 is 2.67 bits per heavy atom. The first-order chi connectivity index (χ1) is 8.58. The highest BCUT2D eigenvalue weighted by molar-refractivity contribution is 6.03. The van der Waals surface area contributed by atoms with Crippen LogP contribution in [0.3, 0.4) is 0 Å². The number of benzene rings is 1. The van der Waals surface area contributed by atoms with Crippen LogP contribution in [0.2, 0.25) is 0 Å². The summed E-state index contributed by atoms with van der Waals surface area (Å²) in [5, 5.41) is 17.0. The number of carbonyl (C=O) groups excluding carboxylic acids is 1. The van der Waals surface area contributed by atoms with Crippen molar-refractivity contribution in [2.45, 2.75) is 0 Å². The molecule has 1 amide bonds. The molecular weight excluding hydrogens is 241 g/mol. The van der Waals surface area contributed by atoms with E-state index in [1.807, 2.05) is 0 Å². The number of hydrogen-bond acceptors (Lipinski definition) is 3. The fourth-order valence-electron chi connectivity index (χ4n) is 1.32. The number of nitrogens with zero attached hydrogens (tertiary/aromatic N) is 1. The highest BCUT2D eigenvalue weighted by Gasteiger charge is 2.12. The van der Waals surface area contributed by atoms with E-state index in [0.29, 0.717) is 0 Å². The van der Waals surface area contributed by atoms with Crippen LogP contribution < -0.4 is 5.32 Å². The summed E-state index contributed by atoms with van der Waals surface area (Å²) in [6.07, 6.45) is 1.39. The van der Waals surface area contributed by atoms with Gasteiger partial charge in [0.2, 0.25) is 0 Å². The van der Waals surface area contributed by atoms with E-state index in [-0.39, 0.29) is 16.9 Å². The van der Waals surface area contributed by atoms with Crippen molar-refractivity contribution in [3.8, 4) is 0 Å². The first-order valence-electron chi connectivity index (χ1n) is 4.91. The topological polar surface area (TPSA) is 95.1 Å². The largest absolute Gasteiger partial charge is 0.478 e. The Morgan fingerprint density at radius 2 is 2.11 bits per heavy atom. The van der Waals surface area contributed by atoms with Gasteiger partial charge in [0.05, 0.1) is 11.3 Å². The molecule has 0 unspecified atom stereocenters. The molecule has 1 aromatic carbocycles. The lowest BCUT2D eigenvalue weighted by Gasteiger charge is -2.05. The molecule has 0 fully saturated rings. The Morgan fingerprint density at radius 1 is 1.33 bits per heavy atom. The fourth-order valence-corrected chi connectivity index (χ4v) is 1.32. The molecule has 0 aliphatic carbocycles. The normalized spacial score (nSPS) is 10.1. The number of carboxylic acids is 1. The third kappa shape index (κ3) is 2.34. The maximum atomic E-state index is 13.5. The molecule has 1 aromatic heterocycles. The van der Waals surface area contributed by atoms with Crippen molar-refractivity contribution in [3.63, 3.8) is 0 Å². The maximum Gasteiger partial charge on any atom is 0.335 e. The fraction of sp³-hybridized carbons (Fsp3) is 0. The summed E-state index contributed by atoms with van der Waals surface area (Å²) in [5.41, 5.74) is -0.108. The lowest BCUT2D eigenvalue weighted by molar-refractivity contribution is 0.0696. The molecule has 0 radical (unpaired) electrons. The van der Waals surface area contributed by atoms with Crippen molar-refractivity contribution in [1.82, 2.24) is 10.2 Å². The molecular formula is C11H8FN3O3. The van der Waals surface area contributed by atoms with Gasteiger partial charge in [0.1, 0.15) is 11.5 Å². The highest BCUT2D eigenvalue weighted by atomic mass is 19.1. The van der Waals surface area contributed by atoms with Gasteiger partial charge in [0, 0.05) is 6.20 Å². The van der Waals surface area contributed by atoms with Gasteiger partial charge in [-0.2, -0.15) is 5.10 Å². The first kappa shape index (κ1) is 11.8. The molecule has 0 atom stereocenters. The Kier molecular flexibility index (Phi) is 3.05. The number of nitrogens with one attached hydrogen (secondary N) is 2. The van der Waals surface area contributed by atoms with E-state index in [4.69, 9.17) is 5.11 Å². The third-order valence-corrected chi connectivity index (χ3v) is 2.21. The molecule has 0 saturated heterocycles. The van der Waals surface area contributed by atoms with Gasteiger partial charge in [-0.25, -0.2) is 9.18 Å². The molecule has 6 nitrogen and oxygen atoms in total. The predicted molar refractivity (Wildman–Crippen MR) is 59.9 cm³/mol. The van der Waals surface area contributed by atoms with E-state index in [1.165, 1.54) is 24.4 Å². The molecule has 7 heteroatoms. The van der Waals surface area contributed by atoms with Crippen molar-refractivity contribution < 1.29 is 19.1 Å². The minimum absolute atomic E-state index is 0.0976. The minimum Gasteiger partial charge on any atom is -0.478 e. The van der Waals surface area contributed by atoms with Crippen molar-refractivity contribution in [2.75, 3.05) is 5.32 Å². The van der Waals surface area contributed by atoms with Gasteiger partial charge < -0.3 is 10.4 Å². The molecule has 0 bridgehead atoms. The van der Waals surface area contributed by atoms with E-state index in [9.17, 15) is 14.0 Å². The van der Waals surface area contributed by atoms with Crippen LogP contribution in [-0.4, -0.2) is 27.2 Å². The second kappa shape index (κ2) is 4.66. The second-order valence-electron chi connectivity index (χ2n) is 3.42. The molecule has 92 valence electrons. The van der Waals surface area contributed by atoms with Crippen LogP contribution in [-0.2, 0) is 0 Å². The minimum atomic E-state index is -1.24. The van der Waals surface area contributed by atoms with Crippen molar-refractivity contribution in [1.29, 1.82) is 0 Å². The molecule has 1 heterocycles. The van der Waals surface area contributed by atoms with Crippen LogP contribution in [0, 0.1) is 5.82 Å². The van der Waals surface area contributed by atoms with Crippen LogP contribution in [0.5, 0.6) is 0 Å². The van der Waals surface area contributed by atoms with Gasteiger partial charge in [-0.05, 0) is 24.3 Å². The van der Waals surface area contributed by atoms with Gasteiger partial charge in [-0.15, -0.1) is 0 Å². The molecule has 0 spiro atoms. The van der Waals surface area contributed by atoms with Crippen LogP contribution >= 0.6 is 0 Å². The number of carbonyl (C=O) groups is 2. The standard InChI is InChI=1S/C11H8FN3O3/c12-7-5-6(11(17)18)1-2-8(7)14-10(16)9-3-4-13-15-9/h1-5H,(H,13,15)(H,14,16)(H,17,18). The van der Waals surface area contributed by atoms with Gasteiger partial charge in [-0.1, -0.05) is 0 Å². The monoisotopic (exact) mass is 249 g/mol. The molecule has 18 heavy (non-hydrogen) atoms. The SMILES string of the molecule is O=C(O)c1ccc(NC(=O)c2ccn[nH]2)c(F)c1. The number of aromatic carboxylic acids is 1. The van der Waals surface area contributed by atoms with E-state index in [2.05, 4.69) is 15.5 Å². The molecule has 2 rings (SSSR count). The zero-order valence-corrected chi connectivity index (χ0v) is 8.98.